The van der Waals surface area contributed by atoms with Crippen LogP contribution in [-0.4, -0.2) is 28.5 Å². The van der Waals surface area contributed by atoms with E-state index in [1.807, 2.05) is 42.2 Å². The molecule has 0 saturated heterocycles. The van der Waals surface area contributed by atoms with Gasteiger partial charge in [0.15, 0.2) is 5.11 Å². The van der Waals surface area contributed by atoms with E-state index in [0.29, 0.717) is 24.2 Å². The first kappa shape index (κ1) is 19.4. The number of rotatable bonds is 7. The summed E-state index contributed by atoms with van der Waals surface area (Å²) in [7, 11) is 0. The van der Waals surface area contributed by atoms with Crippen LogP contribution in [0.2, 0.25) is 0 Å². The van der Waals surface area contributed by atoms with Crippen LogP contribution in [0.3, 0.4) is 0 Å². The third-order valence-corrected chi connectivity index (χ3v) is 5.17. The number of thiocarbonyl (C=S) groups is 1. The molecule has 0 radical (unpaired) electrons. The average Bonchev–Trinajstić information content (AvgIpc) is 3.32. The van der Waals surface area contributed by atoms with Gasteiger partial charge in [0.25, 0.3) is 0 Å². The monoisotopic (exact) mass is 385 g/mol. The van der Waals surface area contributed by atoms with E-state index in [1.54, 1.807) is 0 Å². The smallest absolute Gasteiger partial charge is 0.239 e. The standard InChI is InChI=1S/C21H27N3O2S/c1-16-11-12-19(26-16)15-24(14-17-7-3-2-4-8-17)21(27)22-13-20(25)23-18-9-5-6-10-18/h2-4,7-8,11-12,18H,5-6,9-10,13-15H2,1H3,(H,22,27)(H,23,25). The van der Waals surface area contributed by atoms with Gasteiger partial charge in [-0.05, 0) is 49.7 Å². The van der Waals surface area contributed by atoms with Crippen molar-refractivity contribution in [1.29, 1.82) is 0 Å². The molecular weight excluding hydrogens is 358 g/mol. The molecular formula is C21H27N3O2S. The van der Waals surface area contributed by atoms with Gasteiger partial charge in [0.1, 0.15) is 11.5 Å². The highest BCUT2D eigenvalue weighted by atomic mass is 32.1. The molecule has 0 atom stereocenters. The maximum Gasteiger partial charge on any atom is 0.239 e. The number of hydrogen-bond acceptors (Lipinski definition) is 3. The Balaban J connectivity index is 1.58. The lowest BCUT2D eigenvalue weighted by Crippen LogP contribution is -2.45. The minimum atomic E-state index is -0.00208. The normalized spacial score (nSPS) is 14.1. The number of nitrogens with zero attached hydrogens (tertiary/aromatic N) is 1. The van der Waals surface area contributed by atoms with Crippen molar-refractivity contribution in [3.8, 4) is 0 Å². The highest BCUT2D eigenvalue weighted by Gasteiger charge is 2.18. The molecule has 3 rings (SSSR count). The molecule has 1 fully saturated rings. The Morgan fingerprint density at radius 2 is 1.89 bits per heavy atom. The molecule has 144 valence electrons. The van der Waals surface area contributed by atoms with Crippen molar-refractivity contribution in [2.45, 2.75) is 51.7 Å². The number of nitrogens with one attached hydrogen (secondary N) is 2. The summed E-state index contributed by atoms with van der Waals surface area (Å²) in [4.78, 5) is 14.2. The van der Waals surface area contributed by atoms with Crippen molar-refractivity contribution in [2.24, 2.45) is 0 Å². The summed E-state index contributed by atoms with van der Waals surface area (Å²) in [5.74, 6) is 1.72. The molecule has 1 aliphatic carbocycles. The van der Waals surface area contributed by atoms with E-state index in [1.165, 1.54) is 12.8 Å². The van der Waals surface area contributed by atoms with Crippen molar-refractivity contribution < 1.29 is 9.21 Å². The highest BCUT2D eigenvalue weighted by molar-refractivity contribution is 7.80. The number of aryl methyl sites for hydroxylation is 1. The predicted molar refractivity (Wildman–Crippen MR) is 110 cm³/mol. The Labute approximate surface area is 166 Å². The molecule has 6 heteroatoms. The van der Waals surface area contributed by atoms with Gasteiger partial charge in [-0.2, -0.15) is 0 Å². The Morgan fingerprint density at radius 1 is 1.15 bits per heavy atom. The Hall–Kier alpha value is -2.34. The maximum absolute atomic E-state index is 12.2. The number of hydrogen-bond donors (Lipinski definition) is 2. The summed E-state index contributed by atoms with van der Waals surface area (Å²) >= 11 is 5.57. The molecule has 5 nitrogen and oxygen atoms in total. The van der Waals surface area contributed by atoms with Crippen LogP contribution in [0.4, 0.5) is 0 Å². The van der Waals surface area contributed by atoms with Gasteiger partial charge in [-0.25, -0.2) is 0 Å². The fourth-order valence-electron chi connectivity index (χ4n) is 3.38. The zero-order valence-corrected chi connectivity index (χ0v) is 16.6. The number of amides is 1. The predicted octanol–water partition coefficient (Wildman–Crippen LogP) is 3.52. The highest BCUT2D eigenvalue weighted by Crippen LogP contribution is 2.17. The second kappa shape index (κ2) is 9.55. The number of furan rings is 1. The van der Waals surface area contributed by atoms with Crippen LogP contribution in [0.25, 0.3) is 0 Å². The number of carbonyl (C=O) groups is 1. The van der Waals surface area contributed by atoms with Crippen LogP contribution >= 0.6 is 12.2 Å². The molecule has 1 saturated carbocycles. The van der Waals surface area contributed by atoms with E-state index >= 15 is 0 Å². The van der Waals surface area contributed by atoms with Crippen LogP contribution < -0.4 is 10.6 Å². The van der Waals surface area contributed by atoms with E-state index in [4.69, 9.17) is 16.6 Å². The summed E-state index contributed by atoms with van der Waals surface area (Å²) < 4.78 is 5.71. The summed E-state index contributed by atoms with van der Waals surface area (Å²) in [5.41, 5.74) is 1.15. The van der Waals surface area contributed by atoms with E-state index in [-0.39, 0.29) is 12.5 Å². The summed E-state index contributed by atoms with van der Waals surface area (Å²) in [6.07, 6.45) is 4.55. The van der Waals surface area contributed by atoms with Crippen molar-refractivity contribution >= 4 is 23.2 Å². The lowest BCUT2D eigenvalue weighted by Gasteiger charge is -2.25. The Kier molecular flexibility index (Phi) is 6.87. The lowest BCUT2D eigenvalue weighted by atomic mass is 10.2. The van der Waals surface area contributed by atoms with Crippen LogP contribution in [0, 0.1) is 6.92 Å². The van der Waals surface area contributed by atoms with Crippen molar-refractivity contribution in [1.82, 2.24) is 15.5 Å². The SMILES string of the molecule is Cc1ccc(CN(Cc2ccccc2)C(=S)NCC(=O)NC2CCCC2)o1. The van der Waals surface area contributed by atoms with Gasteiger partial charge in [-0.15, -0.1) is 0 Å². The van der Waals surface area contributed by atoms with Crippen molar-refractivity contribution in [3.05, 3.63) is 59.5 Å². The van der Waals surface area contributed by atoms with Crippen molar-refractivity contribution in [3.63, 3.8) is 0 Å². The van der Waals surface area contributed by atoms with Gasteiger partial charge in [-0.1, -0.05) is 43.2 Å². The first-order valence-electron chi connectivity index (χ1n) is 9.51. The topological polar surface area (TPSA) is 57.5 Å². The minimum Gasteiger partial charge on any atom is -0.464 e. The third kappa shape index (κ3) is 6.10. The molecule has 0 spiro atoms. The molecule has 1 aromatic heterocycles. The average molecular weight is 386 g/mol. The largest absolute Gasteiger partial charge is 0.464 e. The van der Waals surface area contributed by atoms with Crippen LogP contribution in [0.5, 0.6) is 0 Å². The minimum absolute atomic E-state index is 0.00208. The Bertz CT molecular complexity index is 754. The van der Waals surface area contributed by atoms with Crippen LogP contribution in [0.1, 0.15) is 42.8 Å². The fraction of sp³-hybridized carbons (Fsp3) is 0.429. The zero-order chi connectivity index (χ0) is 19.1. The molecule has 2 N–H and O–H groups in total. The van der Waals surface area contributed by atoms with Gasteiger partial charge < -0.3 is 20.0 Å². The molecule has 0 aliphatic heterocycles. The zero-order valence-electron chi connectivity index (χ0n) is 15.7. The molecule has 2 aromatic rings. The lowest BCUT2D eigenvalue weighted by molar-refractivity contribution is -0.120. The second-order valence-corrected chi connectivity index (χ2v) is 7.45. The number of benzene rings is 1. The number of carbonyl (C=O) groups excluding carboxylic acids is 1. The molecule has 1 amide bonds. The van der Waals surface area contributed by atoms with Crippen molar-refractivity contribution in [2.75, 3.05) is 6.54 Å². The summed E-state index contributed by atoms with van der Waals surface area (Å²) in [5, 5.41) is 6.74. The molecule has 1 heterocycles. The first-order valence-corrected chi connectivity index (χ1v) is 9.92. The van der Waals surface area contributed by atoms with Gasteiger partial charge in [0.2, 0.25) is 5.91 Å². The van der Waals surface area contributed by atoms with Gasteiger partial charge >= 0.3 is 0 Å². The van der Waals surface area contributed by atoms with E-state index in [2.05, 4.69) is 22.8 Å². The van der Waals surface area contributed by atoms with Gasteiger partial charge in [0, 0.05) is 12.6 Å². The molecule has 1 aliphatic rings. The second-order valence-electron chi connectivity index (χ2n) is 7.06. The first-order chi connectivity index (χ1) is 13.1. The quantitative estimate of drug-likeness (QED) is 0.714. The molecule has 1 aromatic carbocycles. The summed E-state index contributed by atoms with van der Waals surface area (Å²) in [6, 6.07) is 14.4. The van der Waals surface area contributed by atoms with E-state index in [0.717, 1.165) is 29.9 Å². The molecule has 0 bridgehead atoms. The van der Waals surface area contributed by atoms with Gasteiger partial charge in [0.05, 0.1) is 13.1 Å². The third-order valence-electron chi connectivity index (χ3n) is 4.77. The molecule has 27 heavy (non-hydrogen) atoms. The van der Waals surface area contributed by atoms with E-state index < -0.39 is 0 Å². The van der Waals surface area contributed by atoms with E-state index in [9.17, 15) is 4.79 Å². The van der Waals surface area contributed by atoms with Gasteiger partial charge in [-0.3, -0.25) is 4.79 Å². The van der Waals surface area contributed by atoms with Crippen LogP contribution in [0.15, 0.2) is 46.9 Å². The summed E-state index contributed by atoms with van der Waals surface area (Å²) in [6.45, 7) is 3.32. The molecule has 0 unspecified atom stereocenters. The Morgan fingerprint density at radius 3 is 2.56 bits per heavy atom. The van der Waals surface area contributed by atoms with Crippen LogP contribution in [-0.2, 0) is 17.9 Å². The fourth-order valence-corrected chi connectivity index (χ4v) is 3.58. The maximum atomic E-state index is 12.2.